The Bertz CT molecular complexity index is 1040. The van der Waals surface area contributed by atoms with Gasteiger partial charge < -0.3 is 13.9 Å². The van der Waals surface area contributed by atoms with Crippen LogP contribution < -0.4 is 15.1 Å². The van der Waals surface area contributed by atoms with Crippen molar-refractivity contribution < 1.29 is 18.7 Å². The Morgan fingerprint density at radius 2 is 2.00 bits per heavy atom. The van der Waals surface area contributed by atoms with E-state index >= 15 is 0 Å². The summed E-state index contributed by atoms with van der Waals surface area (Å²) in [6.07, 6.45) is 5.20. The first kappa shape index (κ1) is 17.8. The van der Waals surface area contributed by atoms with E-state index in [1.165, 1.54) is 6.07 Å². The number of Topliss-reactive ketones (excluding diaryl/α,β-unsaturated/α-hetero) is 1. The van der Waals surface area contributed by atoms with E-state index in [0.717, 1.165) is 17.5 Å². The fourth-order valence-electron chi connectivity index (χ4n) is 3.82. The molecule has 1 aromatic carbocycles. The maximum atomic E-state index is 13.1. The summed E-state index contributed by atoms with van der Waals surface area (Å²) >= 11 is 0. The molecule has 0 radical (unpaired) electrons. The van der Waals surface area contributed by atoms with E-state index < -0.39 is 11.2 Å². The molecule has 0 spiro atoms. The van der Waals surface area contributed by atoms with Crippen molar-refractivity contribution in [2.75, 3.05) is 0 Å². The van der Waals surface area contributed by atoms with Crippen LogP contribution in [0.15, 0.2) is 21.4 Å². The summed E-state index contributed by atoms with van der Waals surface area (Å²) in [5, 5.41) is 0.710. The van der Waals surface area contributed by atoms with E-state index in [1.807, 2.05) is 46.8 Å². The summed E-state index contributed by atoms with van der Waals surface area (Å²) < 4.78 is 18.0. The minimum Gasteiger partial charge on any atom is -0.488 e. The van der Waals surface area contributed by atoms with Crippen molar-refractivity contribution in [1.82, 2.24) is 0 Å². The predicted molar refractivity (Wildman–Crippen MR) is 104 cm³/mol. The van der Waals surface area contributed by atoms with Gasteiger partial charge in [-0.15, -0.1) is 0 Å². The zero-order chi connectivity index (χ0) is 19.5. The number of hydrogen-bond donors (Lipinski definition) is 0. The summed E-state index contributed by atoms with van der Waals surface area (Å²) in [5.74, 6) is 0.699. The van der Waals surface area contributed by atoms with Crippen LogP contribution in [0.5, 0.6) is 11.5 Å². The van der Waals surface area contributed by atoms with E-state index in [4.69, 9.17) is 13.9 Å². The van der Waals surface area contributed by atoms with Crippen LogP contribution in [0, 0.1) is 5.92 Å². The molecule has 0 N–H and O–H groups in total. The van der Waals surface area contributed by atoms with Crippen molar-refractivity contribution in [2.45, 2.75) is 59.2 Å². The van der Waals surface area contributed by atoms with Crippen LogP contribution in [0.4, 0.5) is 0 Å². The number of ketones is 1. The van der Waals surface area contributed by atoms with Gasteiger partial charge in [0.15, 0.2) is 11.4 Å². The Morgan fingerprint density at radius 3 is 2.70 bits per heavy atom. The highest BCUT2D eigenvalue weighted by molar-refractivity contribution is 6.14. The number of benzene rings is 1. The molecule has 27 heavy (non-hydrogen) atoms. The Balaban J connectivity index is 2.18. The first-order valence-corrected chi connectivity index (χ1v) is 9.49. The zero-order valence-corrected chi connectivity index (χ0v) is 16.3. The molecule has 0 fully saturated rings. The van der Waals surface area contributed by atoms with Gasteiger partial charge in [0.2, 0.25) is 0 Å². The van der Waals surface area contributed by atoms with Gasteiger partial charge in [0.25, 0.3) is 0 Å². The fraction of sp³-hybridized carbons (Fsp3) is 0.455. The van der Waals surface area contributed by atoms with Gasteiger partial charge in [0.05, 0.1) is 16.9 Å². The Kier molecular flexibility index (Phi) is 3.95. The first-order chi connectivity index (χ1) is 12.7. The second-order valence-electron chi connectivity index (χ2n) is 8.01. The van der Waals surface area contributed by atoms with Crippen molar-refractivity contribution in [2.24, 2.45) is 5.92 Å². The molecule has 5 heteroatoms. The summed E-state index contributed by atoms with van der Waals surface area (Å²) in [7, 11) is 0. The first-order valence-electron chi connectivity index (χ1n) is 9.49. The molecule has 2 aliphatic rings. The summed E-state index contributed by atoms with van der Waals surface area (Å²) in [6.45, 7) is 9.70. The summed E-state index contributed by atoms with van der Waals surface area (Å²) in [6, 6.07) is 1.51. The minimum absolute atomic E-state index is 0.0633. The number of aryl methyl sites for hydroxylation is 1. The lowest BCUT2D eigenvalue weighted by atomic mass is 9.90. The number of carbonyl (C=O) groups excluding carboxylic acids is 1. The molecule has 1 aromatic heterocycles. The SMILES string of the molecule is CCCc1cc(=O)oc2c3c(c4c(c12)OC(C)(C)C=C4)O[14C@H]([14CH3])[C@@H](C)C3=O. The monoisotopic (exact) mass is 372 g/mol. The van der Waals surface area contributed by atoms with Gasteiger partial charge in [-0.25, -0.2) is 4.79 Å². The van der Waals surface area contributed by atoms with Crippen molar-refractivity contribution in [1.29, 1.82) is 0 Å². The van der Waals surface area contributed by atoms with Crippen molar-refractivity contribution in [3.05, 3.63) is 39.3 Å². The highest BCUT2D eigenvalue weighted by Crippen LogP contribution is 2.49. The summed E-state index contributed by atoms with van der Waals surface area (Å²) in [5.41, 5.74) is 1.26. The molecule has 0 aliphatic carbocycles. The Morgan fingerprint density at radius 1 is 1.26 bits per heavy atom. The fourth-order valence-corrected chi connectivity index (χ4v) is 3.82. The highest BCUT2D eigenvalue weighted by Gasteiger charge is 2.39. The van der Waals surface area contributed by atoms with E-state index in [1.54, 1.807) is 0 Å². The Hall–Kier alpha value is -2.56. The van der Waals surface area contributed by atoms with Crippen LogP contribution in [-0.4, -0.2) is 17.5 Å². The van der Waals surface area contributed by atoms with Crippen LogP contribution in [0.2, 0.25) is 0 Å². The van der Waals surface area contributed by atoms with Crippen LogP contribution in [0.1, 0.15) is 62.5 Å². The van der Waals surface area contributed by atoms with Crippen LogP contribution >= 0.6 is 0 Å². The zero-order valence-electron chi connectivity index (χ0n) is 16.3. The minimum atomic E-state index is -0.509. The third-order valence-electron chi connectivity index (χ3n) is 5.42. The lowest BCUT2D eigenvalue weighted by Gasteiger charge is -2.34. The maximum Gasteiger partial charge on any atom is 0.336 e. The average Bonchev–Trinajstić information content (AvgIpc) is 2.58. The lowest BCUT2D eigenvalue weighted by molar-refractivity contribution is 0.0728. The van der Waals surface area contributed by atoms with Crippen molar-refractivity contribution in [3.8, 4) is 11.5 Å². The molecule has 0 amide bonds. The second-order valence-corrected chi connectivity index (χ2v) is 8.01. The predicted octanol–water partition coefficient (Wildman–Crippen LogP) is 4.53. The lowest BCUT2D eigenvalue weighted by Crippen LogP contribution is -2.35. The van der Waals surface area contributed by atoms with Crippen molar-refractivity contribution >= 4 is 22.8 Å². The largest absolute Gasteiger partial charge is 0.488 e. The van der Waals surface area contributed by atoms with Gasteiger partial charge in [-0.1, -0.05) is 20.3 Å². The van der Waals surface area contributed by atoms with Gasteiger partial charge in [0, 0.05) is 6.07 Å². The second kappa shape index (κ2) is 5.98. The number of carbonyl (C=O) groups is 1. The maximum absolute atomic E-state index is 13.1. The molecule has 0 saturated heterocycles. The van der Waals surface area contributed by atoms with Crippen LogP contribution in [-0.2, 0) is 6.42 Å². The molecule has 4 rings (SSSR count). The Labute approximate surface area is 158 Å². The van der Waals surface area contributed by atoms with Crippen LogP contribution in [0.25, 0.3) is 17.0 Å². The summed E-state index contributed by atoms with van der Waals surface area (Å²) in [4.78, 5) is 25.4. The van der Waals surface area contributed by atoms with Gasteiger partial charge in [-0.2, -0.15) is 0 Å². The molecule has 3 heterocycles. The molecular weight excluding hydrogens is 348 g/mol. The van der Waals surface area contributed by atoms with E-state index in [9.17, 15) is 9.59 Å². The van der Waals surface area contributed by atoms with Crippen molar-refractivity contribution in [3.63, 3.8) is 0 Å². The molecule has 2 aliphatic heterocycles. The quantitative estimate of drug-likeness (QED) is 0.725. The molecular formula is C22H24O5. The molecule has 0 saturated carbocycles. The number of ether oxygens (including phenoxy) is 2. The number of fused-ring (bicyclic) bond motifs is 6. The number of hydrogen-bond acceptors (Lipinski definition) is 5. The molecule has 2 atom stereocenters. The molecule has 0 bridgehead atoms. The smallest absolute Gasteiger partial charge is 0.336 e. The van der Waals surface area contributed by atoms with Gasteiger partial charge >= 0.3 is 5.63 Å². The standard InChI is InChI=1S/C22H24O5/c1-6-7-13-10-15(23)26-21-16(13)20-14(8-9-22(4,5)27-20)19-17(21)18(24)11(2)12(3)25-19/h8-12H,6-7H2,1-5H3/t11-,12-/m1/s1/i3+2,12+2. The average molecular weight is 372 g/mol. The normalized spacial score (nSPS) is 22.8. The highest BCUT2D eigenvalue weighted by atomic mass is 16.7. The topological polar surface area (TPSA) is 65.7 Å². The third kappa shape index (κ3) is 2.68. The van der Waals surface area contributed by atoms with E-state index in [2.05, 4.69) is 0 Å². The van der Waals surface area contributed by atoms with Gasteiger partial charge in [-0.05, 0) is 44.9 Å². The van der Waals surface area contributed by atoms with E-state index in [0.29, 0.717) is 28.9 Å². The van der Waals surface area contributed by atoms with Crippen LogP contribution in [0.3, 0.4) is 0 Å². The molecule has 2 aromatic rings. The molecule has 0 unspecified atom stereocenters. The van der Waals surface area contributed by atoms with Gasteiger partial charge in [0.1, 0.15) is 28.8 Å². The molecule has 142 valence electrons. The molecule has 5 nitrogen and oxygen atoms in total. The number of rotatable bonds is 2. The third-order valence-corrected chi connectivity index (χ3v) is 5.42. The van der Waals surface area contributed by atoms with Gasteiger partial charge in [-0.3, -0.25) is 4.79 Å². The van der Waals surface area contributed by atoms with E-state index in [-0.39, 0.29) is 23.4 Å².